The Morgan fingerprint density at radius 1 is 1.19 bits per heavy atom. The molecule has 1 spiro atoms. The lowest BCUT2D eigenvalue weighted by Crippen LogP contribution is -2.44. The van der Waals surface area contributed by atoms with Gasteiger partial charge < -0.3 is 9.64 Å². The summed E-state index contributed by atoms with van der Waals surface area (Å²) in [5.74, 6) is 0. The highest BCUT2D eigenvalue weighted by molar-refractivity contribution is 5.67. The third-order valence-electron chi connectivity index (χ3n) is 5.47. The van der Waals surface area contributed by atoms with Crippen molar-refractivity contribution in [1.29, 1.82) is 0 Å². The zero-order valence-corrected chi connectivity index (χ0v) is 12.9. The van der Waals surface area contributed by atoms with Gasteiger partial charge in [0, 0.05) is 13.1 Å². The van der Waals surface area contributed by atoms with Crippen LogP contribution in [0.4, 0.5) is 4.79 Å². The van der Waals surface area contributed by atoms with E-state index in [0.717, 1.165) is 18.4 Å². The Morgan fingerprint density at radius 3 is 2.43 bits per heavy atom. The number of nitrogens with zero attached hydrogens (tertiary/aromatic N) is 1. The molecule has 0 atom stereocenters. The van der Waals surface area contributed by atoms with Gasteiger partial charge in [-0.2, -0.15) is 0 Å². The van der Waals surface area contributed by atoms with E-state index in [1.807, 2.05) is 42.3 Å². The van der Waals surface area contributed by atoms with E-state index >= 15 is 0 Å². The topological polar surface area (TPSA) is 29.5 Å². The van der Waals surface area contributed by atoms with Crippen molar-refractivity contribution >= 4 is 6.09 Å². The van der Waals surface area contributed by atoms with Gasteiger partial charge in [0.15, 0.2) is 0 Å². The summed E-state index contributed by atoms with van der Waals surface area (Å²) in [7, 11) is 1.89. The lowest BCUT2D eigenvalue weighted by Gasteiger charge is -2.48. The molecule has 0 N–H and O–H groups in total. The highest BCUT2D eigenvalue weighted by Crippen LogP contribution is 2.51. The minimum absolute atomic E-state index is 0.187. The summed E-state index contributed by atoms with van der Waals surface area (Å²) in [6, 6.07) is 10.2. The van der Waals surface area contributed by atoms with Crippen LogP contribution in [0.5, 0.6) is 0 Å². The molecule has 1 aromatic rings. The number of rotatable bonds is 3. The van der Waals surface area contributed by atoms with Crippen LogP contribution in [0.2, 0.25) is 0 Å². The molecule has 0 saturated heterocycles. The average molecular weight is 287 g/mol. The van der Waals surface area contributed by atoms with Gasteiger partial charge in [-0.1, -0.05) is 36.8 Å². The molecule has 114 valence electrons. The number of carbonyl (C=O) groups is 1. The zero-order valence-electron chi connectivity index (χ0n) is 12.9. The second-order valence-corrected chi connectivity index (χ2v) is 6.74. The molecule has 0 heterocycles. The molecule has 0 aromatic heterocycles. The predicted molar refractivity (Wildman–Crippen MR) is 82.9 cm³/mol. The average Bonchev–Trinajstić information content (AvgIpc) is 2.51. The van der Waals surface area contributed by atoms with Gasteiger partial charge in [0.05, 0.1) is 0 Å². The third kappa shape index (κ3) is 3.22. The summed E-state index contributed by atoms with van der Waals surface area (Å²) in [5.41, 5.74) is 1.68. The van der Waals surface area contributed by atoms with Crippen molar-refractivity contribution in [1.82, 2.24) is 4.90 Å². The van der Waals surface area contributed by atoms with Gasteiger partial charge in [0.1, 0.15) is 6.61 Å². The number of hydrogen-bond acceptors (Lipinski definition) is 2. The first-order valence-corrected chi connectivity index (χ1v) is 8.12. The summed E-state index contributed by atoms with van der Waals surface area (Å²) < 4.78 is 5.42. The van der Waals surface area contributed by atoms with E-state index in [4.69, 9.17) is 4.74 Å². The summed E-state index contributed by atoms with van der Waals surface area (Å²) in [6.45, 7) is 0.362. The summed E-state index contributed by atoms with van der Waals surface area (Å²) in [5, 5.41) is 0. The number of hydrogen-bond donors (Lipinski definition) is 0. The van der Waals surface area contributed by atoms with Crippen LogP contribution in [0.15, 0.2) is 30.3 Å². The first-order valence-electron chi connectivity index (χ1n) is 8.12. The maximum Gasteiger partial charge on any atom is 0.410 e. The van der Waals surface area contributed by atoms with Crippen molar-refractivity contribution in [2.24, 2.45) is 5.41 Å². The van der Waals surface area contributed by atoms with Gasteiger partial charge in [0.2, 0.25) is 0 Å². The molecule has 2 fully saturated rings. The van der Waals surface area contributed by atoms with Crippen LogP contribution in [-0.4, -0.2) is 24.1 Å². The molecule has 1 aromatic carbocycles. The highest BCUT2D eigenvalue weighted by atomic mass is 16.6. The van der Waals surface area contributed by atoms with E-state index in [9.17, 15) is 4.79 Å². The Bertz CT molecular complexity index is 471. The molecule has 3 rings (SSSR count). The van der Waals surface area contributed by atoms with E-state index in [1.54, 1.807) is 0 Å². The molecule has 2 saturated carbocycles. The highest BCUT2D eigenvalue weighted by Gasteiger charge is 2.41. The van der Waals surface area contributed by atoms with Gasteiger partial charge in [0.25, 0.3) is 0 Å². The lowest BCUT2D eigenvalue weighted by atomic mass is 9.60. The fourth-order valence-electron chi connectivity index (χ4n) is 3.75. The molecular formula is C18H25NO2. The molecule has 2 aliphatic carbocycles. The van der Waals surface area contributed by atoms with Crippen molar-refractivity contribution in [3.05, 3.63) is 35.9 Å². The first kappa shape index (κ1) is 14.4. The number of amides is 1. The van der Waals surface area contributed by atoms with Gasteiger partial charge in [-0.05, 0) is 49.5 Å². The molecule has 21 heavy (non-hydrogen) atoms. The van der Waals surface area contributed by atoms with E-state index in [-0.39, 0.29) is 6.09 Å². The molecule has 3 heteroatoms. The molecule has 0 aliphatic heterocycles. The van der Waals surface area contributed by atoms with Crippen LogP contribution in [0.1, 0.15) is 50.5 Å². The van der Waals surface area contributed by atoms with E-state index < -0.39 is 0 Å². The van der Waals surface area contributed by atoms with E-state index in [0.29, 0.717) is 18.1 Å². The van der Waals surface area contributed by atoms with Crippen molar-refractivity contribution < 1.29 is 9.53 Å². The van der Waals surface area contributed by atoms with Crippen LogP contribution < -0.4 is 0 Å². The Hall–Kier alpha value is -1.51. The smallest absolute Gasteiger partial charge is 0.410 e. The monoisotopic (exact) mass is 287 g/mol. The van der Waals surface area contributed by atoms with E-state index in [2.05, 4.69) is 0 Å². The minimum Gasteiger partial charge on any atom is -0.445 e. The summed E-state index contributed by atoms with van der Waals surface area (Å²) in [4.78, 5) is 14.0. The SMILES string of the molecule is CN(C(=O)OCc1ccccc1)C1CCC2(CCC2)CC1. The second kappa shape index (κ2) is 6.08. The zero-order chi connectivity index (χ0) is 14.7. The Balaban J connectivity index is 1.46. The molecule has 2 aliphatic rings. The second-order valence-electron chi connectivity index (χ2n) is 6.74. The summed E-state index contributed by atoms with van der Waals surface area (Å²) in [6.07, 6.45) is 8.87. The van der Waals surface area contributed by atoms with Gasteiger partial charge >= 0.3 is 6.09 Å². The van der Waals surface area contributed by atoms with Gasteiger partial charge in [-0.25, -0.2) is 4.79 Å². The predicted octanol–water partition coefficient (Wildman–Crippen LogP) is 4.37. The quantitative estimate of drug-likeness (QED) is 0.826. The van der Waals surface area contributed by atoms with Crippen molar-refractivity contribution in [3.8, 4) is 0 Å². The lowest BCUT2D eigenvalue weighted by molar-refractivity contribution is 0.0300. The largest absolute Gasteiger partial charge is 0.445 e. The minimum atomic E-state index is -0.187. The van der Waals surface area contributed by atoms with Crippen LogP contribution in [0.3, 0.4) is 0 Å². The first-order chi connectivity index (χ1) is 10.2. The van der Waals surface area contributed by atoms with Crippen LogP contribution in [-0.2, 0) is 11.3 Å². The van der Waals surface area contributed by atoms with Crippen molar-refractivity contribution in [3.63, 3.8) is 0 Å². The third-order valence-corrected chi connectivity index (χ3v) is 5.47. The van der Waals surface area contributed by atoms with Crippen LogP contribution in [0, 0.1) is 5.41 Å². The van der Waals surface area contributed by atoms with Crippen LogP contribution >= 0.6 is 0 Å². The molecule has 0 bridgehead atoms. The number of carbonyl (C=O) groups excluding carboxylic acids is 1. The van der Waals surface area contributed by atoms with Crippen molar-refractivity contribution in [2.75, 3.05) is 7.05 Å². The molecular weight excluding hydrogens is 262 g/mol. The fourth-order valence-corrected chi connectivity index (χ4v) is 3.75. The summed E-state index contributed by atoms with van der Waals surface area (Å²) >= 11 is 0. The number of benzene rings is 1. The molecule has 1 amide bonds. The van der Waals surface area contributed by atoms with Crippen molar-refractivity contribution in [2.45, 2.75) is 57.6 Å². The maximum atomic E-state index is 12.2. The molecule has 3 nitrogen and oxygen atoms in total. The van der Waals surface area contributed by atoms with Crippen LogP contribution in [0.25, 0.3) is 0 Å². The van der Waals surface area contributed by atoms with Gasteiger partial charge in [-0.15, -0.1) is 0 Å². The fraction of sp³-hybridized carbons (Fsp3) is 0.611. The normalized spacial score (nSPS) is 20.8. The molecule has 0 unspecified atom stereocenters. The standard InChI is InChI=1S/C18H25NO2/c1-19(16-8-12-18(13-9-16)10-5-11-18)17(20)21-14-15-6-3-2-4-7-15/h2-4,6-7,16H,5,8-14H2,1H3. The van der Waals surface area contributed by atoms with Gasteiger partial charge in [-0.3, -0.25) is 0 Å². The van der Waals surface area contributed by atoms with E-state index in [1.165, 1.54) is 32.1 Å². The Labute approximate surface area is 127 Å². The Kier molecular flexibility index (Phi) is 4.18. The molecule has 0 radical (unpaired) electrons. The maximum absolute atomic E-state index is 12.2. The Morgan fingerprint density at radius 2 is 1.86 bits per heavy atom. The number of ether oxygens (including phenoxy) is 1.